The molecule has 0 unspecified atom stereocenters. The molecule has 2 N–H and O–H groups in total. The van der Waals surface area contributed by atoms with E-state index in [4.69, 9.17) is 18.9 Å². The topological polar surface area (TPSA) is 107 Å². The van der Waals surface area contributed by atoms with Crippen LogP contribution >= 0.6 is 0 Å². The molecule has 0 aliphatic carbocycles. The predicted molar refractivity (Wildman–Crippen MR) is 132 cm³/mol. The molecule has 2 aromatic rings. The van der Waals surface area contributed by atoms with Crippen LogP contribution in [0.25, 0.3) is 0 Å². The Morgan fingerprint density at radius 3 is 2.36 bits per heavy atom. The van der Waals surface area contributed by atoms with Gasteiger partial charge in [-0.05, 0) is 30.2 Å². The quantitative estimate of drug-likeness (QED) is 0.535. The number of aliphatic hydroxyl groups is 1. The van der Waals surface area contributed by atoms with E-state index in [0.29, 0.717) is 12.1 Å². The van der Waals surface area contributed by atoms with Crippen molar-refractivity contribution in [3.63, 3.8) is 0 Å². The van der Waals surface area contributed by atoms with Gasteiger partial charge in [0, 0.05) is 44.2 Å². The summed E-state index contributed by atoms with van der Waals surface area (Å²) in [5.74, 6) is -0.910. The second-order valence-corrected chi connectivity index (χ2v) is 9.13. The smallest absolute Gasteiger partial charge is 0.303 e. The first-order valence-electron chi connectivity index (χ1n) is 12.3. The summed E-state index contributed by atoms with van der Waals surface area (Å²) in [6, 6.07) is 15.1. The molecule has 2 aromatic carbocycles. The number of nitrogens with one attached hydrogen (secondary N) is 1. The molecule has 0 radical (unpaired) electrons. The Hall–Kier alpha value is -2.82. The molecule has 0 bridgehead atoms. The zero-order valence-corrected chi connectivity index (χ0v) is 20.7. The predicted octanol–water partition coefficient (Wildman–Crippen LogP) is 2.95. The van der Waals surface area contributed by atoms with Crippen molar-refractivity contribution in [2.24, 2.45) is 0 Å². The molecule has 2 aliphatic heterocycles. The van der Waals surface area contributed by atoms with Crippen LogP contribution in [0.5, 0.6) is 0 Å². The van der Waals surface area contributed by atoms with Crippen LogP contribution in [0, 0.1) is 0 Å². The van der Waals surface area contributed by atoms with E-state index in [0.717, 1.165) is 49.5 Å². The van der Waals surface area contributed by atoms with Gasteiger partial charge in [0.25, 0.3) is 5.91 Å². The molecule has 194 valence electrons. The summed E-state index contributed by atoms with van der Waals surface area (Å²) in [7, 11) is 0. The van der Waals surface area contributed by atoms with Crippen molar-refractivity contribution in [2.75, 3.05) is 38.2 Å². The number of amides is 1. The van der Waals surface area contributed by atoms with E-state index in [1.54, 1.807) is 12.1 Å². The van der Waals surface area contributed by atoms with Crippen molar-refractivity contribution in [1.29, 1.82) is 0 Å². The van der Waals surface area contributed by atoms with E-state index in [9.17, 15) is 14.7 Å². The number of morpholine rings is 1. The summed E-state index contributed by atoms with van der Waals surface area (Å²) >= 11 is 0. The van der Waals surface area contributed by atoms with Gasteiger partial charge in [-0.25, -0.2) is 0 Å². The Morgan fingerprint density at radius 2 is 1.72 bits per heavy atom. The molecular weight excluding hydrogens is 464 g/mol. The van der Waals surface area contributed by atoms with Crippen molar-refractivity contribution in [3.05, 3.63) is 65.2 Å². The number of esters is 1. The number of rotatable bonds is 8. The van der Waals surface area contributed by atoms with Gasteiger partial charge in [-0.1, -0.05) is 36.4 Å². The fourth-order valence-corrected chi connectivity index (χ4v) is 4.37. The minimum atomic E-state index is -0.883. The van der Waals surface area contributed by atoms with Gasteiger partial charge in [0.2, 0.25) is 0 Å². The van der Waals surface area contributed by atoms with Crippen LogP contribution in [0.1, 0.15) is 49.4 Å². The van der Waals surface area contributed by atoms with Gasteiger partial charge < -0.3 is 29.4 Å². The average molecular weight is 499 g/mol. The van der Waals surface area contributed by atoms with E-state index in [1.165, 1.54) is 13.8 Å². The van der Waals surface area contributed by atoms with Gasteiger partial charge in [0.05, 0.1) is 32.0 Å². The highest BCUT2D eigenvalue weighted by Crippen LogP contribution is 2.38. The van der Waals surface area contributed by atoms with Crippen molar-refractivity contribution in [1.82, 2.24) is 4.90 Å². The largest absolute Gasteiger partial charge is 0.453 e. The third-order valence-electron chi connectivity index (χ3n) is 6.34. The van der Waals surface area contributed by atoms with Crippen molar-refractivity contribution in [3.8, 4) is 0 Å². The number of benzene rings is 2. The van der Waals surface area contributed by atoms with Crippen LogP contribution in [-0.2, 0) is 35.1 Å². The Balaban J connectivity index is 1.46. The van der Waals surface area contributed by atoms with E-state index < -0.39 is 24.3 Å². The van der Waals surface area contributed by atoms with Gasteiger partial charge in [0.1, 0.15) is 0 Å². The molecule has 9 nitrogen and oxygen atoms in total. The lowest BCUT2D eigenvalue weighted by Crippen LogP contribution is -2.44. The van der Waals surface area contributed by atoms with E-state index in [1.807, 2.05) is 36.4 Å². The lowest BCUT2D eigenvalue weighted by Gasteiger charge is -2.39. The van der Waals surface area contributed by atoms with E-state index in [-0.39, 0.29) is 18.8 Å². The number of aliphatic hydroxyl groups excluding tert-OH is 1. The van der Waals surface area contributed by atoms with Gasteiger partial charge >= 0.3 is 5.97 Å². The normalized spacial score (nSPS) is 23.6. The van der Waals surface area contributed by atoms with Gasteiger partial charge in [-0.2, -0.15) is 0 Å². The Morgan fingerprint density at radius 1 is 1.06 bits per heavy atom. The average Bonchev–Trinajstić information content (AvgIpc) is 2.89. The van der Waals surface area contributed by atoms with Crippen LogP contribution in [0.3, 0.4) is 0 Å². The van der Waals surface area contributed by atoms with Crippen LogP contribution < -0.4 is 5.32 Å². The summed E-state index contributed by atoms with van der Waals surface area (Å²) in [6.45, 7) is 6.78. The first kappa shape index (κ1) is 26.2. The van der Waals surface area contributed by atoms with Crippen LogP contribution in [0.15, 0.2) is 48.5 Å². The fraction of sp³-hybridized carbons (Fsp3) is 0.481. The lowest BCUT2D eigenvalue weighted by atomic mass is 9.99. The third kappa shape index (κ3) is 7.11. The summed E-state index contributed by atoms with van der Waals surface area (Å²) in [4.78, 5) is 25.7. The van der Waals surface area contributed by atoms with Crippen molar-refractivity contribution in [2.45, 2.75) is 51.5 Å². The standard InChI is InChI=1S/C27H34N2O7/c1-18(34-19(2)31)26(32)28-23-9-7-22(8-10-23)27-35-24(16-29-11-13-33-14-12-29)15-25(36-27)21-5-3-20(17-30)4-6-21/h3-10,18,24-25,27,30H,11-17H2,1-2H3,(H,28,32)/t18-,24+,25-,27-/m0/s1. The maximum atomic E-state index is 12.2. The molecule has 0 aromatic heterocycles. The lowest BCUT2D eigenvalue weighted by molar-refractivity contribution is -0.253. The van der Waals surface area contributed by atoms with Crippen LogP contribution in [0.2, 0.25) is 0 Å². The molecule has 4 atom stereocenters. The summed E-state index contributed by atoms with van der Waals surface area (Å²) < 4.78 is 23.2. The van der Waals surface area contributed by atoms with Gasteiger partial charge in [0.15, 0.2) is 12.4 Å². The Kier molecular flexibility index (Phi) is 9.06. The van der Waals surface area contributed by atoms with Crippen LogP contribution in [-0.4, -0.2) is 66.9 Å². The zero-order chi connectivity index (χ0) is 25.5. The number of hydrogen-bond acceptors (Lipinski definition) is 8. The maximum absolute atomic E-state index is 12.2. The molecule has 2 fully saturated rings. The number of carbonyl (C=O) groups excluding carboxylic acids is 2. The molecule has 36 heavy (non-hydrogen) atoms. The second kappa shape index (κ2) is 12.4. The molecule has 2 saturated heterocycles. The number of ether oxygens (including phenoxy) is 4. The molecule has 4 rings (SSSR count). The molecule has 2 aliphatic rings. The first-order chi connectivity index (χ1) is 17.4. The monoisotopic (exact) mass is 498 g/mol. The van der Waals surface area contributed by atoms with Crippen LogP contribution in [0.4, 0.5) is 5.69 Å². The third-order valence-corrected chi connectivity index (χ3v) is 6.34. The van der Waals surface area contributed by atoms with Crippen molar-refractivity contribution < 1.29 is 33.6 Å². The fourth-order valence-electron chi connectivity index (χ4n) is 4.37. The summed E-state index contributed by atoms with van der Waals surface area (Å²) in [5.41, 5.74) is 3.31. The highest BCUT2D eigenvalue weighted by molar-refractivity contribution is 5.94. The first-order valence-corrected chi connectivity index (χ1v) is 12.3. The van der Waals surface area contributed by atoms with E-state index >= 15 is 0 Å². The Bertz CT molecular complexity index is 1010. The summed E-state index contributed by atoms with van der Waals surface area (Å²) in [5, 5.41) is 12.1. The summed E-state index contributed by atoms with van der Waals surface area (Å²) in [6.07, 6.45) is -0.933. The molecule has 0 saturated carbocycles. The number of anilines is 1. The highest BCUT2D eigenvalue weighted by Gasteiger charge is 2.33. The zero-order valence-electron chi connectivity index (χ0n) is 20.7. The number of nitrogens with zero attached hydrogens (tertiary/aromatic N) is 1. The van der Waals surface area contributed by atoms with Gasteiger partial charge in [-0.3, -0.25) is 14.5 Å². The number of hydrogen-bond donors (Lipinski definition) is 2. The molecule has 0 spiro atoms. The molecule has 1 amide bonds. The second-order valence-electron chi connectivity index (χ2n) is 9.13. The van der Waals surface area contributed by atoms with Crippen molar-refractivity contribution >= 4 is 17.6 Å². The maximum Gasteiger partial charge on any atom is 0.303 e. The highest BCUT2D eigenvalue weighted by atomic mass is 16.7. The minimum Gasteiger partial charge on any atom is -0.453 e. The van der Waals surface area contributed by atoms with E-state index in [2.05, 4.69) is 10.2 Å². The van der Waals surface area contributed by atoms with Gasteiger partial charge in [-0.15, -0.1) is 0 Å². The molecular formula is C27H34N2O7. The Labute approximate surface area is 211 Å². The molecule has 9 heteroatoms. The molecule has 2 heterocycles. The SMILES string of the molecule is CC(=O)O[C@@H](C)C(=O)Nc1ccc([C@H]2O[C@@H](CN3CCOCC3)C[C@@H](c3ccc(CO)cc3)O2)cc1. The minimum absolute atomic E-state index is 0.000260. The number of carbonyl (C=O) groups is 2.